The van der Waals surface area contributed by atoms with E-state index in [-0.39, 0.29) is 11.5 Å². The maximum atomic E-state index is 11.9. The lowest BCUT2D eigenvalue weighted by atomic mass is 10.1. The number of hydrogen-bond acceptors (Lipinski definition) is 3. The van der Waals surface area contributed by atoms with Gasteiger partial charge in [0.1, 0.15) is 5.75 Å². The van der Waals surface area contributed by atoms with Crippen molar-refractivity contribution in [2.24, 2.45) is 0 Å². The van der Waals surface area contributed by atoms with Crippen LogP contribution in [-0.2, 0) is 0 Å². The van der Waals surface area contributed by atoms with Gasteiger partial charge in [-0.2, -0.15) is 0 Å². The van der Waals surface area contributed by atoms with Crippen LogP contribution in [-0.4, -0.2) is 25.0 Å². The molecule has 2 aromatic rings. The van der Waals surface area contributed by atoms with Crippen LogP contribution in [0.4, 0.5) is 5.69 Å². The minimum Gasteiger partial charge on any atom is -0.508 e. The third kappa shape index (κ3) is 3.48. The van der Waals surface area contributed by atoms with Gasteiger partial charge in [0, 0.05) is 25.3 Å². The molecule has 3 nitrogen and oxygen atoms in total. The number of rotatable bonds is 4. The second-order valence-corrected chi connectivity index (χ2v) is 4.73. The molecule has 0 atom stereocenters. The molecule has 3 heteroatoms. The Morgan fingerprint density at radius 3 is 2.40 bits per heavy atom. The van der Waals surface area contributed by atoms with E-state index in [2.05, 4.69) is 0 Å². The zero-order valence-electron chi connectivity index (χ0n) is 11.6. The van der Waals surface area contributed by atoms with E-state index in [1.165, 1.54) is 12.1 Å². The first-order valence-electron chi connectivity index (χ1n) is 6.35. The van der Waals surface area contributed by atoms with Crippen LogP contribution in [0.15, 0.2) is 54.6 Å². The normalized spacial score (nSPS) is 10.7. The number of ketones is 1. The molecule has 0 aliphatic heterocycles. The number of anilines is 1. The quantitative estimate of drug-likeness (QED) is 0.682. The topological polar surface area (TPSA) is 40.5 Å². The summed E-state index contributed by atoms with van der Waals surface area (Å²) >= 11 is 0. The molecule has 0 amide bonds. The molecule has 2 aromatic carbocycles. The van der Waals surface area contributed by atoms with Crippen LogP contribution >= 0.6 is 0 Å². The SMILES string of the molecule is CN(C)c1ccc(/C=C/C(=O)c2cccc(O)c2)cc1. The van der Waals surface area contributed by atoms with E-state index in [0.717, 1.165) is 11.3 Å². The average molecular weight is 267 g/mol. The van der Waals surface area contributed by atoms with Gasteiger partial charge in [-0.25, -0.2) is 0 Å². The summed E-state index contributed by atoms with van der Waals surface area (Å²) in [6.07, 6.45) is 3.28. The Hall–Kier alpha value is -2.55. The Morgan fingerprint density at radius 1 is 1.10 bits per heavy atom. The molecule has 0 aliphatic carbocycles. The van der Waals surface area contributed by atoms with Crippen LogP contribution in [0.5, 0.6) is 5.75 Å². The Kier molecular flexibility index (Phi) is 4.20. The highest BCUT2D eigenvalue weighted by Crippen LogP contribution is 2.15. The predicted octanol–water partition coefficient (Wildman–Crippen LogP) is 3.35. The van der Waals surface area contributed by atoms with Crippen LogP contribution in [0, 0.1) is 0 Å². The van der Waals surface area contributed by atoms with Crippen molar-refractivity contribution in [3.05, 3.63) is 65.7 Å². The lowest BCUT2D eigenvalue weighted by Gasteiger charge is -2.11. The third-order valence-corrected chi connectivity index (χ3v) is 2.97. The Bertz CT molecular complexity index is 628. The first-order chi connectivity index (χ1) is 9.56. The summed E-state index contributed by atoms with van der Waals surface area (Å²) in [5, 5.41) is 9.35. The van der Waals surface area contributed by atoms with Gasteiger partial charge in [-0.15, -0.1) is 0 Å². The molecule has 0 fully saturated rings. The number of hydrogen-bond donors (Lipinski definition) is 1. The van der Waals surface area contributed by atoms with E-state index in [1.54, 1.807) is 24.3 Å². The van der Waals surface area contributed by atoms with E-state index in [1.807, 2.05) is 43.3 Å². The molecule has 0 spiro atoms. The van der Waals surface area contributed by atoms with Gasteiger partial charge in [0.05, 0.1) is 0 Å². The van der Waals surface area contributed by atoms with Crippen LogP contribution in [0.1, 0.15) is 15.9 Å². The monoisotopic (exact) mass is 267 g/mol. The molecule has 102 valence electrons. The largest absolute Gasteiger partial charge is 0.508 e. The van der Waals surface area contributed by atoms with Crippen molar-refractivity contribution in [3.63, 3.8) is 0 Å². The summed E-state index contributed by atoms with van der Waals surface area (Å²) in [7, 11) is 3.96. The van der Waals surface area contributed by atoms with Gasteiger partial charge >= 0.3 is 0 Å². The van der Waals surface area contributed by atoms with Crippen molar-refractivity contribution in [1.82, 2.24) is 0 Å². The summed E-state index contributed by atoms with van der Waals surface area (Å²) in [6, 6.07) is 14.3. The van der Waals surface area contributed by atoms with Gasteiger partial charge in [-0.05, 0) is 35.9 Å². The minimum atomic E-state index is -0.127. The summed E-state index contributed by atoms with van der Waals surface area (Å²) in [5.74, 6) is -0.0304. The zero-order valence-corrected chi connectivity index (χ0v) is 11.6. The molecular formula is C17H17NO2. The van der Waals surface area contributed by atoms with Crippen molar-refractivity contribution in [2.45, 2.75) is 0 Å². The van der Waals surface area contributed by atoms with E-state index in [4.69, 9.17) is 0 Å². The standard InChI is InChI=1S/C17H17NO2/c1-18(2)15-9-6-13(7-10-15)8-11-17(20)14-4-3-5-16(19)12-14/h3-12,19H,1-2H3/b11-8+. The highest BCUT2D eigenvalue weighted by atomic mass is 16.3. The van der Waals surface area contributed by atoms with Crippen LogP contribution in [0.25, 0.3) is 6.08 Å². The van der Waals surface area contributed by atoms with Crippen molar-refractivity contribution in [1.29, 1.82) is 0 Å². The van der Waals surface area contributed by atoms with Gasteiger partial charge < -0.3 is 10.0 Å². The minimum absolute atomic E-state index is 0.0968. The van der Waals surface area contributed by atoms with Gasteiger partial charge in [0.2, 0.25) is 0 Å². The molecule has 2 rings (SSSR count). The molecule has 0 bridgehead atoms. The van der Waals surface area contributed by atoms with Crippen LogP contribution in [0.2, 0.25) is 0 Å². The number of carbonyl (C=O) groups is 1. The lowest BCUT2D eigenvalue weighted by molar-refractivity contribution is 0.104. The molecule has 0 heterocycles. The van der Waals surface area contributed by atoms with Gasteiger partial charge in [0.15, 0.2) is 5.78 Å². The number of allylic oxidation sites excluding steroid dienone is 1. The summed E-state index contributed by atoms with van der Waals surface area (Å²) in [5.41, 5.74) is 2.55. The zero-order chi connectivity index (χ0) is 14.5. The molecule has 20 heavy (non-hydrogen) atoms. The van der Waals surface area contributed by atoms with Gasteiger partial charge in [0.25, 0.3) is 0 Å². The first-order valence-corrected chi connectivity index (χ1v) is 6.35. The molecule has 0 radical (unpaired) electrons. The van der Waals surface area contributed by atoms with Crippen molar-refractivity contribution in [3.8, 4) is 5.75 Å². The molecular weight excluding hydrogens is 250 g/mol. The van der Waals surface area contributed by atoms with Crippen molar-refractivity contribution < 1.29 is 9.90 Å². The molecule has 0 aliphatic rings. The third-order valence-electron chi connectivity index (χ3n) is 2.97. The van der Waals surface area contributed by atoms with E-state index in [9.17, 15) is 9.90 Å². The molecule has 0 saturated carbocycles. The number of phenolic OH excluding ortho intramolecular Hbond substituents is 1. The Labute approximate surface area is 118 Å². The molecule has 1 N–H and O–H groups in total. The summed E-state index contributed by atoms with van der Waals surface area (Å²) < 4.78 is 0. The number of phenols is 1. The van der Waals surface area contributed by atoms with E-state index >= 15 is 0 Å². The fourth-order valence-electron chi connectivity index (χ4n) is 1.81. The maximum absolute atomic E-state index is 11.9. The second kappa shape index (κ2) is 6.06. The van der Waals surface area contributed by atoms with Crippen LogP contribution < -0.4 is 4.90 Å². The maximum Gasteiger partial charge on any atom is 0.185 e. The Balaban J connectivity index is 2.11. The van der Waals surface area contributed by atoms with E-state index < -0.39 is 0 Å². The van der Waals surface area contributed by atoms with E-state index in [0.29, 0.717) is 5.56 Å². The van der Waals surface area contributed by atoms with Crippen molar-refractivity contribution >= 4 is 17.5 Å². The van der Waals surface area contributed by atoms with Gasteiger partial charge in [-0.3, -0.25) is 4.79 Å². The molecule has 0 aromatic heterocycles. The summed E-state index contributed by atoms with van der Waals surface area (Å²) in [4.78, 5) is 14.0. The number of carbonyl (C=O) groups excluding carboxylic acids is 1. The molecule has 0 saturated heterocycles. The Morgan fingerprint density at radius 2 is 1.80 bits per heavy atom. The number of aromatic hydroxyl groups is 1. The van der Waals surface area contributed by atoms with Crippen LogP contribution in [0.3, 0.4) is 0 Å². The smallest absolute Gasteiger partial charge is 0.185 e. The fourth-order valence-corrected chi connectivity index (χ4v) is 1.81. The fraction of sp³-hybridized carbons (Fsp3) is 0.118. The number of benzene rings is 2. The second-order valence-electron chi connectivity index (χ2n) is 4.73. The lowest BCUT2D eigenvalue weighted by Crippen LogP contribution is -2.07. The highest BCUT2D eigenvalue weighted by molar-refractivity contribution is 6.07. The number of nitrogens with zero attached hydrogens (tertiary/aromatic N) is 1. The van der Waals surface area contributed by atoms with Crippen molar-refractivity contribution in [2.75, 3.05) is 19.0 Å². The first kappa shape index (κ1) is 13.9. The average Bonchev–Trinajstić information content (AvgIpc) is 2.45. The summed E-state index contributed by atoms with van der Waals surface area (Å²) in [6.45, 7) is 0. The highest BCUT2D eigenvalue weighted by Gasteiger charge is 2.02. The van der Waals surface area contributed by atoms with Gasteiger partial charge in [-0.1, -0.05) is 30.3 Å². The molecule has 0 unspecified atom stereocenters. The predicted molar refractivity (Wildman–Crippen MR) is 82.2 cm³/mol.